The molecule has 0 spiro atoms. The molecule has 1 heterocycles. The number of hydrogen-bond acceptors (Lipinski definition) is 5. The minimum atomic E-state index is -0.520. The summed E-state index contributed by atoms with van der Waals surface area (Å²) in [5.74, 6) is -0.0364. The van der Waals surface area contributed by atoms with Crippen molar-refractivity contribution in [1.82, 2.24) is 10.1 Å². The standard InChI is InChI=1S/C13H19BIN2O3/c1-4-10(12(19)14-16-8(2)9(3)18)17-7-5-6-11(17)13(15)20/h4,8,10-11,16H,1,5-7H2,2-3H3. The first-order chi connectivity index (χ1) is 9.38. The molecule has 1 N–H and O–H groups in total. The number of ketones is 1. The molecule has 0 aromatic heterocycles. The fourth-order valence-electron chi connectivity index (χ4n) is 2.19. The van der Waals surface area contributed by atoms with Crippen LogP contribution in [0.4, 0.5) is 0 Å². The summed E-state index contributed by atoms with van der Waals surface area (Å²) in [6, 6.07) is -1.14. The second-order valence-corrected chi connectivity index (χ2v) is 5.99. The van der Waals surface area contributed by atoms with E-state index in [-0.39, 0.29) is 21.3 Å². The van der Waals surface area contributed by atoms with Crippen LogP contribution in [0.15, 0.2) is 12.7 Å². The molecule has 109 valence electrons. The van der Waals surface area contributed by atoms with Crippen molar-refractivity contribution in [2.75, 3.05) is 6.54 Å². The van der Waals surface area contributed by atoms with E-state index in [9.17, 15) is 14.4 Å². The largest absolute Gasteiger partial charge is 0.345 e. The highest BCUT2D eigenvalue weighted by molar-refractivity contribution is 14.1. The Kier molecular flexibility index (Phi) is 7.04. The second-order valence-electron chi connectivity index (χ2n) is 4.93. The molecule has 1 aliphatic heterocycles. The lowest BCUT2D eigenvalue weighted by Gasteiger charge is -2.28. The fraction of sp³-hybridized carbons (Fsp3) is 0.615. The van der Waals surface area contributed by atoms with Crippen molar-refractivity contribution in [3.63, 3.8) is 0 Å². The lowest BCUT2D eigenvalue weighted by Crippen LogP contribution is -2.50. The predicted octanol–water partition coefficient (Wildman–Crippen LogP) is 0.680. The van der Waals surface area contributed by atoms with Crippen LogP contribution >= 0.6 is 22.6 Å². The summed E-state index contributed by atoms with van der Waals surface area (Å²) in [7, 11) is 1.31. The van der Waals surface area contributed by atoms with E-state index in [1.165, 1.54) is 14.3 Å². The predicted molar refractivity (Wildman–Crippen MR) is 86.8 cm³/mol. The van der Waals surface area contributed by atoms with E-state index in [0.29, 0.717) is 6.54 Å². The molecule has 0 aromatic rings. The number of Topliss-reactive ketones (excluding diaryl/α,β-unsaturated/α-hetero) is 1. The summed E-state index contributed by atoms with van der Waals surface area (Å²) < 4.78 is 0.0461. The van der Waals surface area contributed by atoms with Crippen molar-refractivity contribution in [2.45, 2.75) is 44.8 Å². The van der Waals surface area contributed by atoms with E-state index in [4.69, 9.17) is 0 Å². The smallest absolute Gasteiger partial charge is 0.298 e. The molecule has 1 saturated heterocycles. The monoisotopic (exact) mass is 389 g/mol. The third-order valence-corrected chi connectivity index (χ3v) is 4.23. The number of hydrogen-bond donors (Lipinski definition) is 1. The van der Waals surface area contributed by atoms with Gasteiger partial charge in [0, 0.05) is 22.6 Å². The SMILES string of the molecule is C=CC(C(=O)[B]NC(C)C(C)=O)N1CCCC1C(=O)I. The Morgan fingerprint density at radius 2 is 2.15 bits per heavy atom. The Morgan fingerprint density at radius 1 is 1.50 bits per heavy atom. The van der Waals surface area contributed by atoms with Gasteiger partial charge < -0.3 is 10.0 Å². The normalized spacial score (nSPS) is 22.1. The van der Waals surface area contributed by atoms with Gasteiger partial charge in [0.2, 0.25) is 3.79 Å². The van der Waals surface area contributed by atoms with E-state index >= 15 is 0 Å². The number of halogens is 1. The van der Waals surface area contributed by atoms with Crippen molar-refractivity contribution < 1.29 is 14.4 Å². The van der Waals surface area contributed by atoms with Gasteiger partial charge in [-0.05, 0) is 33.2 Å². The van der Waals surface area contributed by atoms with E-state index in [1.807, 2.05) is 4.90 Å². The molecule has 0 amide bonds. The van der Waals surface area contributed by atoms with Gasteiger partial charge in [-0.15, -0.1) is 6.58 Å². The zero-order chi connectivity index (χ0) is 15.3. The molecule has 1 aliphatic rings. The summed E-state index contributed by atoms with van der Waals surface area (Å²) in [4.78, 5) is 36.8. The molecule has 0 bridgehead atoms. The van der Waals surface area contributed by atoms with Crippen LogP contribution in [0.2, 0.25) is 0 Å². The highest BCUT2D eigenvalue weighted by atomic mass is 127. The molecule has 0 saturated carbocycles. The third kappa shape index (κ3) is 4.49. The van der Waals surface area contributed by atoms with Crippen LogP contribution in [-0.4, -0.2) is 52.2 Å². The summed E-state index contributed by atoms with van der Waals surface area (Å²) >= 11 is 1.78. The number of nitrogens with one attached hydrogen (secondary N) is 1. The summed E-state index contributed by atoms with van der Waals surface area (Å²) in [5, 5.41) is 2.78. The van der Waals surface area contributed by atoms with Crippen molar-refractivity contribution in [2.24, 2.45) is 0 Å². The molecule has 3 unspecified atom stereocenters. The zero-order valence-electron chi connectivity index (χ0n) is 11.8. The van der Waals surface area contributed by atoms with Gasteiger partial charge in [0.25, 0.3) is 7.41 Å². The Morgan fingerprint density at radius 3 is 2.65 bits per heavy atom. The first kappa shape index (κ1) is 17.5. The molecule has 3 atom stereocenters. The Bertz CT molecular complexity index is 416. The van der Waals surface area contributed by atoms with E-state index in [1.54, 1.807) is 35.6 Å². The lowest BCUT2D eigenvalue weighted by molar-refractivity contribution is -0.118. The number of carbonyl (C=O) groups excluding carboxylic acids is 3. The summed E-state index contributed by atoms with van der Waals surface area (Å²) in [5.41, 5.74) is -0.183. The van der Waals surface area contributed by atoms with Gasteiger partial charge in [0.15, 0.2) is 0 Å². The van der Waals surface area contributed by atoms with Crippen molar-refractivity contribution >= 4 is 45.3 Å². The topological polar surface area (TPSA) is 66.5 Å². The van der Waals surface area contributed by atoms with Crippen LogP contribution in [0, 0.1) is 0 Å². The van der Waals surface area contributed by atoms with Gasteiger partial charge >= 0.3 is 0 Å². The summed E-state index contributed by atoms with van der Waals surface area (Å²) in [6.45, 7) is 7.56. The molecule has 1 radical (unpaired) electrons. The maximum Gasteiger partial charge on any atom is 0.298 e. The van der Waals surface area contributed by atoms with E-state index in [0.717, 1.165) is 12.8 Å². The fourth-order valence-corrected chi connectivity index (χ4v) is 2.86. The van der Waals surface area contributed by atoms with Crippen LogP contribution in [-0.2, 0) is 14.4 Å². The van der Waals surface area contributed by atoms with Crippen LogP contribution in [0.3, 0.4) is 0 Å². The summed E-state index contributed by atoms with van der Waals surface area (Å²) in [6.07, 6.45) is 3.22. The molecule has 0 aliphatic carbocycles. The Hall–Kier alpha value is -0.535. The molecule has 20 heavy (non-hydrogen) atoms. The number of likely N-dealkylation sites (tertiary alicyclic amines) is 1. The minimum absolute atomic E-state index is 0.0364. The minimum Gasteiger partial charge on any atom is -0.345 e. The van der Waals surface area contributed by atoms with Crippen LogP contribution < -0.4 is 5.23 Å². The number of rotatable bonds is 8. The van der Waals surface area contributed by atoms with Gasteiger partial charge in [-0.1, -0.05) is 6.08 Å². The maximum absolute atomic E-state index is 12.2. The maximum atomic E-state index is 12.2. The zero-order valence-corrected chi connectivity index (χ0v) is 13.9. The molecule has 7 heteroatoms. The first-order valence-corrected chi connectivity index (χ1v) is 7.67. The molecule has 0 aromatic carbocycles. The van der Waals surface area contributed by atoms with Gasteiger partial charge in [-0.2, -0.15) is 0 Å². The average Bonchev–Trinajstić information content (AvgIpc) is 2.85. The Balaban J connectivity index is 2.65. The van der Waals surface area contributed by atoms with Crippen LogP contribution in [0.1, 0.15) is 26.7 Å². The van der Waals surface area contributed by atoms with Gasteiger partial charge in [-0.3, -0.25) is 14.5 Å². The van der Waals surface area contributed by atoms with Crippen LogP contribution in [0.5, 0.6) is 0 Å². The van der Waals surface area contributed by atoms with Gasteiger partial charge in [-0.25, -0.2) is 0 Å². The highest BCUT2D eigenvalue weighted by Crippen LogP contribution is 2.23. The molecule has 5 nitrogen and oxygen atoms in total. The number of nitrogens with zero attached hydrogens (tertiary/aromatic N) is 1. The van der Waals surface area contributed by atoms with Crippen LogP contribution in [0.25, 0.3) is 0 Å². The second kappa shape index (κ2) is 8.04. The van der Waals surface area contributed by atoms with E-state index in [2.05, 4.69) is 11.8 Å². The molecular formula is C13H19BIN2O3. The Labute approximate surface area is 133 Å². The van der Waals surface area contributed by atoms with E-state index < -0.39 is 12.1 Å². The number of carbonyl (C=O) groups is 3. The van der Waals surface area contributed by atoms with Gasteiger partial charge in [0.1, 0.15) is 11.5 Å². The molecule has 1 fully saturated rings. The van der Waals surface area contributed by atoms with Crippen molar-refractivity contribution in [1.29, 1.82) is 0 Å². The van der Waals surface area contributed by atoms with Crippen molar-refractivity contribution in [3.8, 4) is 0 Å². The lowest BCUT2D eigenvalue weighted by atomic mass is 9.80. The molecule has 1 rings (SSSR count). The average molecular weight is 389 g/mol. The molecular weight excluding hydrogens is 370 g/mol. The van der Waals surface area contributed by atoms with Crippen molar-refractivity contribution in [3.05, 3.63) is 12.7 Å². The highest BCUT2D eigenvalue weighted by Gasteiger charge is 2.36. The quantitative estimate of drug-likeness (QED) is 0.286. The third-order valence-electron chi connectivity index (χ3n) is 3.51. The van der Waals surface area contributed by atoms with Gasteiger partial charge in [0.05, 0.1) is 18.1 Å². The first-order valence-electron chi connectivity index (χ1n) is 6.59.